The molecule has 1 amide bonds. The zero-order valence-electron chi connectivity index (χ0n) is 19.6. The first-order chi connectivity index (χ1) is 16.3. The van der Waals surface area contributed by atoms with E-state index in [2.05, 4.69) is 5.32 Å². The zero-order valence-corrected chi connectivity index (χ0v) is 20.4. The fourth-order valence-electron chi connectivity index (χ4n) is 3.44. The van der Waals surface area contributed by atoms with E-state index in [1.165, 1.54) is 39.5 Å². The molecule has 0 heterocycles. The number of ether oxygens (including phenoxy) is 3. The predicted octanol–water partition coefficient (Wildman–Crippen LogP) is 4.11. The van der Waals surface area contributed by atoms with E-state index >= 15 is 0 Å². The Morgan fingerprint density at radius 3 is 2.18 bits per heavy atom. The fourth-order valence-corrected chi connectivity index (χ4v) is 4.88. The summed E-state index contributed by atoms with van der Waals surface area (Å²) in [6, 6.07) is 18.1. The van der Waals surface area contributed by atoms with E-state index in [-0.39, 0.29) is 10.6 Å². The standard InChI is InChI=1S/C25H28N2O6S/c1-5-18-8-6-7-9-22(18)26-25(28)17-27(19-10-12-20(31-2)13-11-19)34(29,30)21-14-15-23(32-3)24(16-21)33-4/h6-16H,5,17H2,1-4H3,(H,26,28). The molecule has 8 nitrogen and oxygen atoms in total. The lowest BCUT2D eigenvalue weighted by Crippen LogP contribution is -2.38. The van der Waals surface area contributed by atoms with Gasteiger partial charge < -0.3 is 19.5 Å². The highest BCUT2D eigenvalue weighted by atomic mass is 32.2. The zero-order chi connectivity index (χ0) is 24.7. The van der Waals surface area contributed by atoms with Crippen LogP contribution in [0.5, 0.6) is 17.2 Å². The molecule has 9 heteroatoms. The van der Waals surface area contributed by atoms with Crippen molar-refractivity contribution in [3.05, 3.63) is 72.3 Å². The van der Waals surface area contributed by atoms with Crippen LogP contribution in [0.3, 0.4) is 0 Å². The maximum absolute atomic E-state index is 13.7. The lowest BCUT2D eigenvalue weighted by molar-refractivity contribution is -0.114. The van der Waals surface area contributed by atoms with Crippen LogP contribution in [-0.2, 0) is 21.2 Å². The number of methoxy groups -OCH3 is 3. The molecular weight excluding hydrogens is 456 g/mol. The van der Waals surface area contributed by atoms with Crippen LogP contribution < -0.4 is 23.8 Å². The summed E-state index contributed by atoms with van der Waals surface area (Å²) in [6.07, 6.45) is 0.725. The smallest absolute Gasteiger partial charge is 0.264 e. The number of hydrogen-bond acceptors (Lipinski definition) is 6. The average Bonchev–Trinajstić information content (AvgIpc) is 2.87. The number of para-hydroxylation sites is 1. The largest absolute Gasteiger partial charge is 0.497 e. The van der Waals surface area contributed by atoms with E-state index in [0.29, 0.717) is 22.9 Å². The molecule has 34 heavy (non-hydrogen) atoms. The van der Waals surface area contributed by atoms with Crippen molar-refractivity contribution in [1.82, 2.24) is 0 Å². The van der Waals surface area contributed by atoms with E-state index in [0.717, 1.165) is 16.3 Å². The van der Waals surface area contributed by atoms with Crippen molar-refractivity contribution in [2.75, 3.05) is 37.5 Å². The van der Waals surface area contributed by atoms with Crippen LogP contribution in [0.25, 0.3) is 0 Å². The van der Waals surface area contributed by atoms with Gasteiger partial charge in [0.25, 0.3) is 10.0 Å². The van der Waals surface area contributed by atoms with E-state index < -0.39 is 22.5 Å². The summed E-state index contributed by atoms with van der Waals surface area (Å²) in [6.45, 7) is 1.55. The Hall–Kier alpha value is -3.72. The van der Waals surface area contributed by atoms with Crippen LogP contribution in [-0.4, -0.2) is 42.2 Å². The number of amides is 1. The number of carbonyl (C=O) groups excluding carboxylic acids is 1. The van der Waals surface area contributed by atoms with Gasteiger partial charge in [0.15, 0.2) is 11.5 Å². The summed E-state index contributed by atoms with van der Waals surface area (Å²) in [7, 11) is 0.273. The molecule has 0 atom stereocenters. The number of benzene rings is 3. The van der Waals surface area contributed by atoms with E-state index in [4.69, 9.17) is 14.2 Å². The minimum Gasteiger partial charge on any atom is -0.497 e. The maximum atomic E-state index is 13.7. The molecule has 0 aliphatic heterocycles. The van der Waals surface area contributed by atoms with Crippen LogP contribution in [0.1, 0.15) is 12.5 Å². The van der Waals surface area contributed by atoms with E-state index in [1.807, 2.05) is 25.1 Å². The van der Waals surface area contributed by atoms with Gasteiger partial charge in [0.2, 0.25) is 5.91 Å². The van der Waals surface area contributed by atoms with Crippen LogP contribution >= 0.6 is 0 Å². The highest BCUT2D eigenvalue weighted by Gasteiger charge is 2.28. The van der Waals surface area contributed by atoms with Gasteiger partial charge in [0.05, 0.1) is 31.9 Å². The third-order valence-corrected chi connectivity index (χ3v) is 7.03. The number of nitrogens with zero attached hydrogens (tertiary/aromatic N) is 1. The maximum Gasteiger partial charge on any atom is 0.264 e. The molecule has 0 spiro atoms. The summed E-state index contributed by atoms with van der Waals surface area (Å²) in [5.74, 6) is 0.750. The number of hydrogen-bond donors (Lipinski definition) is 1. The molecule has 3 aromatic rings. The van der Waals surface area contributed by atoms with Gasteiger partial charge in [0, 0.05) is 11.8 Å². The molecule has 0 saturated heterocycles. The van der Waals surface area contributed by atoms with E-state index in [1.54, 1.807) is 30.3 Å². The number of rotatable bonds is 10. The van der Waals surface area contributed by atoms with Gasteiger partial charge in [-0.2, -0.15) is 0 Å². The molecule has 180 valence electrons. The Morgan fingerprint density at radius 2 is 1.56 bits per heavy atom. The van der Waals surface area contributed by atoms with Crippen molar-refractivity contribution in [3.8, 4) is 17.2 Å². The topological polar surface area (TPSA) is 94.2 Å². The number of sulfonamides is 1. The molecule has 0 aliphatic rings. The average molecular weight is 485 g/mol. The van der Waals surface area contributed by atoms with Crippen molar-refractivity contribution in [2.24, 2.45) is 0 Å². The van der Waals surface area contributed by atoms with Crippen molar-refractivity contribution in [3.63, 3.8) is 0 Å². The Balaban J connectivity index is 2.00. The van der Waals surface area contributed by atoms with Gasteiger partial charge in [0.1, 0.15) is 12.3 Å². The minimum absolute atomic E-state index is 0.0391. The summed E-state index contributed by atoms with van der Waals surface area (Å²) < 4.78 is 44.1. The van der Waals surface area contributed by atoms with E-state index in [9.17, 15) is 13.2 Å². The second-order valence-corrected chi connectivity index (χ2v) is 9.15. The van der Waals surface area contributed by atoms with Crippen molar-refractivity contribution < 1.29 is 27.4 Å². The second kappa shape index (κ2) is 10.9. The third kappa shape index (κ3) is 5.43. The molecule has 0 unspecified atom stereocenters. The lowest BCUT2D eigenvalue weighted by atomic mass is 10.1. The Bertz CT molecular complexity index is 1240. The number of nitrogens with one attached hydrogen (secondary N) is 1. The van der Waals surface area contributed by atoms with Crippen LogP contribution in [0.4, 0.5) is 11.4 Å². The summed E-state index contributed by atoms with van der Waals surface area (Å²) in [5, 5.41) is 2.83. The monoisotopic (exact) mass is 484 g/mol. The van der Waals surface area contributed by atoms with Crippen molar-refractivity contribution >= 4 is 27.3 Å². The molecule has 0 aromatic heterocycles. The number of anilines is 2. The normalized spacial score (nSPS) is 10.9. The molecule has 3 aromatic carbocycles. The van der Waals surface area contributed by atoms with Crippen LogP contribution in [0.15, 0.2) is 71.6 Å². The predicted molar refractivity (Wildman–Crippen MR) is 132 cm³/mol. The van der Waals surface area contributed by atoms with Gasteiger partial charge in [-0.1, -0.05) is 25.1 Å². The van der Waals surface area contributed by atoms with Gasteiger partial charge in [-0.25, -0.2) is 8.42 Å². The van der Waals surface area contributed by atoms with Crippen LogP contribution in [0.2, 0.25) is 0 Å². The quantitative estimate of drug-likeness (QED) is 0.466. The highest BCUT2D eigenvalue weighted by molar-refractivity contribution is 7.92. The van der Waals surface area contributed by atoms with Gasteiger partial charge >= 0.3 is 0 Å². The van der Waals surface area contributed by atoms with Crippen molar-refractivity contribution in [2.45, 2.75) is 18.2 Å². The summed E-state index contributed by atoms with van der Waals surface area (Å²) in [5.41, 5.74) is 1.91. The first-order valence-corrected chi connectivity index (χ1v) is 12.0. The summed E-state index contributed by atoms with van der Waals surface area (Å²) in [4.78, 5) is 13.0. The van der Waals surface area contributed by atoms with Gasteiger partial charge in [-0.3, -0.25) is 9.10 Å². The molecule has 0 bridgehead atoms. The van der Waals surface area contributed by atoms with Gasteiger partial charge in [-0.15, -0.1) is 0 Å². The second-order valence-electron chi connectivity index (χ2n) is 7.29. The molecule has 3 rings (SSSR count). The molecular formula is C25H28N2O6S. The minimum atomic E-state index is -4.14. The first kappa shape index (κ1) is 24.9. The Labute approximate surface area is 200 Å². The molecule has 0 aliphatic carbocycles. The Morgan fingerprint density at radius 1 is 0.882 bits per heavy atom. The first-order valence-electron chi connectivity index (χ1n) is 10.6. The highest BCUT2D eigenvalue weighted by Crippen LogP contribution is 2.32. The molecule has 0 radical (unpaired) electrons. The molecule has 1 N–H and O–H groups in total. The van der Waals surface area contributed by atoms with Crippen LogP contribution in [0, 0.1) is 0 Å². The Kier molecular flexibility index (Phi) is 8.01. The SMILES string of the molecule is CCc1ccccc1NC(=O)CN(c1ccc(OC)cc1)S(=O)(=O)c1ccc(OC)c(OC)c1. The lowest BCUT2D eigenvalue weighted by Gasteiger charge is -2.25. The molecule has 0 saturated carbocycles. The number of carbonyl (C=O) groups is 1. The van der Waals surface area contributed by atoms with Crippen molar-refractivity contribution in [1.29, 1.82) is 0 Å². The van der Waals surface area contributed by atoms with Gasteiger partial charge in [-0.05, 0) is 54.4 Å². The number of aryl methyl sites for hydroxylation is 1. The third-order valence-electron chi connectivity index (χ3n) is 5.26. The fraction of sp³-hybridized carbons (Fsp3) is 0.240. The molecule has 0 fully saturated rings. The summed E-state index contributed by atoms with van der Waals surface area (Å²) >= 11 is 0.